The molecule has 1 saturated carbocycles. The van der Waals surface area contributed by atoms with Crippen LogP contribution < -0.4 is 10.2 Å². The molecule has 1 aliphatic carbocycles. The van der Waals surface area contributed by atoms with Crippen molar-refractivity contribution in [3.05, 3.63) is 23.8 Å². The van der Waals surface area contributed by atoms with Crippen molar-refractivity contribution in [2.75, 3.05) is 30.9 Å². The van der Waals surface area contributed by atoms with Crippen LogP contribution in [0.5, 0.6) is 0 Å². The number of carbonyl (C=O) groups excluding carboxylic acids is 3. The molecule has 1 heterocycles. The zero-order chi connectivity index (χ0) is 21.3. The van der Waals surface area contributed by atoms with Crippen LogP contribution in [-0.2, 0) is 20.6 Å². The molecule has 3 rings (SSSR count). The van der Waals surface area contributed by atoms with Gasteiger partial charge in [-0.1, -0.05) is 12.8 Å². The van der Waals surface area contributed by atoms with Gasteiger partial charge in [0.05, 0.1) is 23.1 Å². The summed E-state index contributed by atoms with van der Waals surface area (Å²) in [5.41, 5.74) is -0.941. The predicted molar refractivity (Wildman–Crippen MR) is 101 cm³/mol. The maximum Gasteiger partial charge on any atom is 0.418 e. The highest BCUT2D eigenvalue weighted by Gasteiger charge is 2.47. The summed E-state index contributed by atoms with van der Waals surface area (Å²) in [5.74, 6) is -1.83. The van der Waals surface area contributed by atoms with E-state index < -0.39 is 17.6 Å². The molecule has 1 aliphatic heterocycles. The van der Waals surface area contributed by atoms with Gasteiger partial charge in [-0.05, 0) is 31.0 Å². The molecule has 3 amide bonds. The van der Waals surface area contributed by atoms with E-state index in [1.165, 1.54) is 17.0 Å². The van der Waals surface area contributed by atoms with Gasteiger partial charge in [0.2, 0.25) is 17.7 Å². The maximum atomic E-state index is 13.4. The second-order valence-electron chi connectivity index (χ2n) is 7.75. The van der Waals surface area contributed by atoms with Gasteiger partial charge in [0.1, 0.15) is 0 Å². The first-order valence-electron chi connectivity index (χ1n) is 9.63. The van der Waals surface area contributed by atoms with Gasteiger partial charge in [-0.15, -0.1) is 0 Å². The van der Waals surface area contributed by atoms with Crippen LogP contribution >= 0.6 is 0 Å². The molecule has 9 heteroatoms. The molecule has 2 atom stereocenters. The molecule has 6 nitrogen and oxygen atoms in total. The fourth-order valence-electron chi connectivity index (χ4n) is 4.03. The molecule has 1 N–H and O–H groups in total. The lowest BCUT2D eigenvalue weighted by Crippen LogP contribution is -2.34. The third-order valence-corrected chi connectivity index (χ3v) is 5.59. The quantitative estimate of drug-likeness (QED) is 0.755. The normalized spacial score (nSPS) is 21.9. The Hall–Kier alpha value is -2.58. The maximum absolute atomic E-state index is 13.4. The summed E-state index contributed by atoms with van der Waals surface area (Å²) in [4.78, 5) is 39.7. The highest BCUT2D eigenvalue weighted by Crippen LogP contribution is 2.39. The second-order valence-corrected chi connectivity index (χ2v) is 7.75. The number of imide groups is 1. The van der Waals surface area contributed by atoms with E-state index in [4.69, 9.17) is 0 Å². The fourth-order valence-corrected chi connectivity index (χ4v) is 4.03. The van der Waals surface area contributed by atoms with Gasteiger partial charge in [-0.3, -0.25) is 19.3 Å². The van der Waals surface area contributed by atoms with Gasteiger partial charge in [0, 0.05) is 32.7 Å². The predicted octanol–water partition coefficient (Wildman–Crippen LogP) is 3.28. The number of alkyl halides is 3. The van der Waals surface area contributed by atoms with Crippen molar-refractivity contribution < 1.29 is 27.6 Å². The molecule has 1 saturated heterocycles. The SMILES string of the molecule is CN(C)c1ccc(NC(=O)CCN2C(=O)C3CCCCC3C2=O)c(C(F)(F)F)c1. The highest BCUT2D eigenvalue weighted by atomic mass is 19.4. The number of fused-ring (bicyclic) bond motifs is 1. The summed E-state index contributed by atoms with van der Waals surface area (Å²) in [6, 6.07) is 3.65. The van der Waals surface area contributed by atoms with E-state index in [0.29, 0.717) is 18.5 Å². The molecule has 29 heavy (non-hydrogen) atoms. The van der Waals surface area contributed by atoms with E-state index in [9.17, 15) is 27.6 Å². The van der Waals surface area contributed by atoms with Crippen LogP contribution in [-0.4, -0.2) is 43.3 Å². The Morgan fingerprint density at radius 2 is 1.72 bits per heavy atom. The number of halogens is 3. The van der Waals surface area contributed by atoms with Crippen molar-refractivity contribution in [3.63, 3.8) is 0 Å². The van der Waals surface area contributed by atoms with Crippen molar-refractivity contribution in [1.29, 1.82) is 0 Å². The van der Waals surface area contributed by atoms with Gasteiger partial charge >= 0.3 is 6.18 Å². The molecule has 158 valence electrons. The molecule has 2 unspecified atom stereocenters. The van der Waals surface area contributed by atoms with Gasteiger partial charge in [-0.2, -0.15) is 13.2 Å². The molecular formula is C20H24F3N3O3. The first-order chi connectivity index (χ1) is 13.6. The Kier molecular flexibility index (Phi) is 5.86. The van der Waals surface area contributed by atoms with E-state index in [1.54, 1.807) is 14.1 Å². The molecule has 0 bridgehead atoms. The van der Waals surface area contributed by atoms with Crippen LogP contribution in [0.25, 0.3) is 0 Å². The molecule has 1 aromatic carbocycles. The lowest BCUT2D eigenvalue weighted by atomic mass is 9.81. The number of nitrogens with one attached hydrogen (secondary N) is 1. The summed E-state index contributed by atoms with van der Waals surface area (Å²) in [6.07, 6.45) is -1.74. The van der Waals surface area contributed by atoms with Gasteiger partial charge < -0.3 is 10.2 Å². The lowest BCUT2D eigenvalue weighted by molar-refractivity contribution is -0.140. The molecule has 2 aliphatic rings. The molecule has 1 aromatic rings. The van der Waals surface area contributed by atoms with Gasteiger partial charge in [-0.25, -0.2) is 0 Å². The molecular weight excluding hydrogens is 387 g/mol. The van der Waals surface area contributed by atoms with Crippen LogP contribution in [0.15, 0.2) is 18.2 Å². The minimum Gasteiger partial charge on any atom is -0.378 e. The standard InChI is InChI=1S/C20H24F3N3O3/c1-25(2)12-7-8-16(15(11-12)20(21,22)23)24-17(27)9-10-26-18(28)13-5-3-4-6-14(13)19(26)29/h7-8,11,13-14H,3-6,9-10H2,1-2H3,(H,24,27). The van der Waals surface area contributed by atoms with Crippen LogP contribution in [0.2, 0.25) is 0 Å². The fraction of sp³-hybridized carbons (Fsp3) is 0.550. The first-order valence-corrected chi connectivity index (χ1v) is 9.63. The van der Waals surface area contributed by atoms with Gasteiger partial charge in [0.25, 0.3) is 0 Å². The number of rotatable bonds is 5. The highest BCUT2D eigenvalue weighted by molar-refractivity contribution is 6.05. The molecule has 0 aromatic heterocycles. The third-order valence-electron chi connectivity index (χ3n) is 5.59. The Morgan fingerprint density at radius 3 is 2.24 bits per heavy atom. The second kappa shape index (κ2) is 8.04. The average molecular weight is 411 g/mol. The summed E-state index contributed by atoms with van der Waals surface area (Å²) in [5, 5.41) is 2.27. The monoisotopic (exact) mass is 411 g/mol. The number of amides is 3. The Morgan fingerprint density at radius 1 is 1.14 bits per heavy atom. The van der Waals surface area contributed by atoms with Crippen LogP contribution in [0.3, 0.4) is 0 Å². The number of likely N-dealkylation sites (tertiary alicyclic amines) is 1. The van der Waals surface area contributed by atoms with E-state index in [-0.39, 0.29) is 42.3 Å². The number of hydrogen-bond donors (Lipinski definition) is 1. The minimum absolute atomic E-state index is 0.117. The smallest absolute Gasteiger partial charge is 0.378 e. The lowest BCUT2D eigenvalue weighted by Gasteiger charge is -2.19. The Balaban J connectivity index is 1.67. The molecule has 2 fully saturated rings. The average Bonchev–Trinajstić information content (AvgIpc) is 2.90. The van der Waals surface area contributed by atoms with Crippen molar-refractivity contribution in [3.8, 4) is 0 Å². The Labute approximate surface area is 167 Å². The third kappa shape index (κ3) is 4.38. The van der Waals surface area contributed by atoms with Crippen LogP contribution in [0, 0.1) is 11.8 Å². The number of nitrogens with zero attached hydrogens (tertiary/aromatic N) is 2. The van der Waals surface area contributed by atoms with Crippen LogP contribution in [0.1, 0.15) is 37.7 Å². The molecule has 0 spiro atoms. The summed E-state index contributed by atoms with van der Waals surface area (Å²) in [7, 11) is 3.24. The topological polar surface area (TPSA) is 69.7 Å². The van der Waals surface area contributed by atoms with Crippen LogP contribution in [0.4, 0.5) is 24.5 Å². The van der Waals surface area contributed by atoms with Crippen molar-refractivity contribution >= 4 is 29.1 Å². The Bertz CT molecular complexity index is 799. The zero-order valence-corrected chi connectivity index (χ0v) is 16.4. The van der Waals surface area contributed by atoms with E-state index >= 15 is 0 Å². The summed E-state index contributed by atoms with van der Waals surface area (Å²) < 4.78 is 40.1. The van der Waals surface area contributed by atoms with Crippen molar-refractivity contribution in [2.45, 2.75) is 38.3 Å². The largest absolute Gasteiger partial charge is 0.418 e. The first kappa shape index (κ1) is 21.1. The molecule has 0 radical (unpaired) electrons. The van der Waals surface area contributed by atoms with Crippen molar-refractivity contribution in [2.24, 2.45) is 11.8 Å². The zero-order valence-electron chi connectivity index (χ0n) is 16.4. The van der Waals surface area contributed by atoms with E-state index in [0.717, 1.165) is 23.8 Å². The van der Waals surface area contributed by atoms with E-state index in [1.807, 2.05) is 0 Å². The number of anilines is 2. The van der Waals surface area contributed by atoms with E-state index in [2.05, 4.69) is 5.32 Å². The number of benzene rings is 1. The number of carbonyl (C=O) groups is 3. The minimum atomic E-state index is -4.63. The van der Waals surface area contributed by atoms with Crippen molar-refractivity contribution in [1.82, 2.24) is 4.90 Å². The van der Waals surface area contributed by atoms with Gasteiger partial charge in [0.15, 0.2) is 0 Å². The summed E-state index contributed by atoms with van der Waals surface area (Å²) >= 11 is 0. The summed E-state index contributed by atoms with van der Waals surface area (Å²) in [6.45, 7) is -0.117. The number of hydrogen-bond acceptors (Lipinski definition) is 4.